The number of Topliss-reactive ketones (excluding diaryl/α,β-unsaturated/α-hetero) is 1. The van der Waals surface area contributed by atoms with E-state index in [9.17, 15) is 14.7 Å². The lowest BCUT2D eigenvalue weighted by Gasteiger charge is -2.12. The average Bonchev–Trinajstić information content (AvgIpc) is 2.87. The largest absolute Gasteiger partial charge is 0.481 e. The van der Waals surface area contributed by atoms with Crippen LogP contribution >= 0.6 is 11.6 Å². The monoisotopic (exact) mass is 250 g/mol. The van der Waals surface area contributed by atoms with Crippen molar-refractivity contribution in [1.29, 1.82) is 0 Å². The molecule has 2 fully saturated rings. The number of rotatable bonds is 2. The van der Waals surface area contributed by atoms with Gasteiger partial charge in [0.2, 0.25) is 0 Å². The molecule has 4 heteroatoms. The Labute approximate surface area is 103 Å². The van der Waals surface area contributed by atoms with Crippen LogP contribution in [0.5, 0.6) is 0 Å². The molecule has 0 bridgehead atoms. The van der Waals surface area contributed by atoms with Gasteiger partial charge in [-0.05, 0) is 30.0 Å². The summed E-state index contributed by atoms with van der Waals surface area (Å²) in [6.07, 6.45) is 1.19. The number of hydrogen-bond donors (Lipinski definition) is 1. The molecule has 2 aliphatic carbocycles. The maximum absolute atomic E-state index is 12.0. The summed E-state index contributed by atoms with van der Waals surface area (Å²) < 4.78 is 0. The van der Waals surface area contributed by atoms with Gasteiger partial charge < -0.3 is 5.11 Å². The van der Waals surface area contributed by atoms with Crippen molar-refractivity contribution in [2.45, 2.75) is 18.3 Å². The van der Waals surface area contributed by atoms with Gasteiger partial charge in [0.15, 0.2) is 0 Å². The molecule has 2 aliphatic rings. The van der Waals surface area contributed by atoms with Crippen molar-refractivity contribution >= 4 is 23.4 Å². The number of aliphatic carboxylic acids is 1. The van der Waals surface area contributed by atoms with E-state index in [0.29, 0.717) is 17.9 Å². The third-order valence-electron chi connectivity index (χ3n) is 4.10. The number of carbonyl (C=O) groups is 2. The molecule has 0 aliphatic heterocycles. The van der Waals surface area contributed by atoms with E-state index in [1.54, 1.807) is 24.3 Å². The third kappa shape index (κ3) is 1.23. The summed E-state index contributed by atoms with van der Waals surface area (Å²) in [7, 11) is 0. The Morgan fingerprint density at radius 2 is 2.00 bits per heavy atom. The lowest BCUT2D eigenvalue weighted by molar-refractivity contribution is -0.141. The van der Waals surface area contributed by atoms with Crippen molar-refractivity contribution in [3.63, 3.8) is 0 Å². The van der Waals surface area contributed by atoms with Gasteiger partial charge in [0.05, 0.1) is 11.3 Å². The van der Waals surface area contributed by atoms with Crippen LogP contribution in [0, 0.1) is 11.8 Å². The van der Waals surface area contributed by atoms with Crippen LogP contribution in [0.25, 0.3) is 0 Å². The van der Waals surface area contributed by atoms with Crippen molar-refractivity contribution in [2.75, 3.05) is 0 Å². The molecule has 0 spiro atoms. The Morgan fingerprint density at radius 3 is 2.53 bits per heavy atom. The second-order valence-corrected chi connectivity index (χ2v) is 5.20. The maximum atomic E-state index is 12.0. The van der Waals surface area contributed by atoms with Crippen molar-refractivity contribution in [1.82, 2.24) is 0 Å². The highest BCUT2D eigenvalue weighted by molar-refractivity contribution is 6.30. The van der Waals surface area contributed by atoms with Crippen LogP contribution in [0.2, 0.25) is 5.02 Å². The normalized spacial score (nSPS) is 34.5. The van der Waals surface area contributed by atoms with Crippen molar-refractivity contribution in [3.05, 3.63) is 34.9 Å². The second kappa shape index (κ2) is 3.33. The fourth-order valence-electron chi connectivity index (χ4n) is 3.37. The highest BCUT2D eigenvalue weighted by atomic mass is 35.5. The number of ketones is 1. The van der Waals surface area contributed by atoms with E-state index in [1.165, 1.54) is 0 Å². The van der Waals surface area contributed by atoms with Crippen LogP contribution in [0.3, 0.4) is 0 Å². The zero-order valence-electron chi connectivity index (χ0n) is 9.02. The molecule has 88 valence electrons. The summed E-state index contributed by atoms with van der Waals surface area (Å²) in [5.74, 6) is -1.35. The molecule has 3 nitrogen and oxygen atoms in total. The molecular formula is C13H11ClO3. The smallest absolute Gasteiger partial charge is 0.308 e. The van der Waals surface area contributed by atoms with Crippen LogP contribution in [0.4, 0.5) is 0 Å². The van der Waals surface area contributed by atoms with E-state index < -0.39 is 17.3 Å². The van der Waals surface area contributed by atoms with Gasteiger partial charge in [-0.25, -0.2) is 0 Å². The minimum absolute atomic E-state index is 0.0197. The van der Waals surface area contributed by atoms with Crippen LogP contribution < -0.4 is 0 Å². The summed E-state index contributed by atoms with van der Waals surface area (Å²) in [5.41, 5.74) is 0.0537. The summed E-state index contributed by atoms with van der Waals surface area (Å²) in [5, 5.41) is 9.78. The average molecular weight is 251 g/mol. The molecule has 1 N–H and O–H groups in total. The van der Waals surface area contributed by atoms with E-state index in [-0.39, 0.29) is 11.7 Å². The summed E-state index contributed by atoms with van der Waals surface area (Å²) in [4.78, 5) is 23.2. The standard InChI is InChI=1S/C13H11ClO3/c14-8-3-1-7(2-4-8)13-9(5-6-10(13)15)11(13)12(16)17/h1-4,9,11H,5-6H2,(H,16,17)/t9-,11-,13-/m1/s1. The molecule has 3 rings (SSSR count). The Morgan fingerprint density at radius 1 is 1.35 bits per heavy atom. The van der Waals surface area contributed by atoms with Gasteiger partial charge in [0.1, 0.15) is 5.78 Å². The number of fused-ring (bicyclic) bond motifs is 1. The van der Waals surface area contributed by atoms with Gasteiger partial charge >= 0.3 is 5.97 Å². The first-order valence-corrected chi connectivity index (χ1v) is 5.98. The molecule has 17 heavy (non-hydrogen) atoms. The number of carboxylic acids is 1. The highest BCUT2D eigenvalue weighted by Crippen LogP contribution is 2.67. The van der Waals surface area contributed by atoms with Crippen LogP contribution in [-0.2, 0) is 15.0 Å². The number of hydrogen-bond acceptors (Lipinski definition) is 2. The first-order valence-electron chi connectivity index (χ1n) is 5.60. The molecule has 0 heterocycles. The molecule has 1 aromatic rings. The number of carbonyl (C=O) groups excluding carboxylic acids is 1. The number of benzene rings is 1. The van der Waals surface area contributed by atoms with Crippen molar-refractivity contribution in [2.24, 2.45) is 11.8 Å². The first-order chi connectivity index (χ1) is 8.08. The number of halogens is 1. The van der Waals surface area contributed by atoms with Crippen LogP contribution in [0.15, 0.2) is 24.3 Å². The van der Waals surface area contributed by atoms with Crippen LogP contribution in [0.1, 0.15) is 18.4 Å². The van der Waals surface area contributed by atoms with Gasteiger partial charge in [-0.2, -0.15) is 0 Å². The summed E-state index contributed by atoms with van der Waals surface area (Å²) in [6.45, 7) is 0. The van der Waals surface area contributed by atoms with Crippen molar-refractivity contribution in [3.8, 4) is 0 Å². The third-order valence-corrected chi connectivity index (χ3v) is 4.35. The van der Waals surface area contributed by atoms with Gasteiger partial charge in [0.25, 0.3) is 0 Å². The minimum Gasteiger partial charge on any atom is -0.481 e. The van der Waals surface area contributed by atoms with Gasteiger partial charge in [-0.1, -0.05) is 23.7 Å². The van der Waals surface area contributed by atoms with E-state index in [4.69, 9.17) is 11.6 Å². The van der Waals surface area contributed by atoms with Gasteiger partial charge in [-0.3, -0.25) is 9.59 Å². The van der Waals surface area contributed by atoms with Gasteiger partial charge in [0, 0.05) is 11.4 Å². The molecule has 1 aromatic carbocycles. The van der Waals surface area contributed by atoms with E-state index in [2.05, 4.69) is 0 Å². The predicted octanol–water partition coefficient (Wildman–Crippen LogP) is 2.27. The maximum Gasteiger partial charge on any atom is 0.308 e. The molecule has 0 unspecified atom stereocenters. The predicted molar refractivity (Wildman–Crippen MR) is 62.0 cm³/mol. The lowest BCUT2D eigenvalue weighted by Crippen LogP contribution is -2.23. The molecule has 0 radical (unpaired) electrons. The Bertz CT molecular complexity index is 508. The highest BCUT2D eigenvalue weighted by Gasteiger charge is 2.75. The topological polar surface area (TPSA) is 54.4 Å². The molecule has 3 atom stereocenters. The van der Waals surface area contributed by atoms with Crippen LogP contribution in [-0.4, -0.2) is 16.9 Å². The Balaban J connectivity index is 2.07. The second-order valence-electron chi connectivity index (χ2n) is 4.76. The summed E-state index contributed by atoms with van der Waals surface area (Å²) >= 11 is 5.81. The van der Waals surface area contributed by atoms with E-state index >= 15 is 0 Å². The Kier molecular flexibility index (Phi) is 2.11. The molecular weight excluding hydrogens is 240 g/mol. The molecule has 2 saturated carbocycles. The molecule has 0 aromatic heterocycles. The first kappa shape index (κ1) is 10.8. The molecule has 0 saturated heterocycles. The Hall–Kier alpha value is -1.35. The van der Waals surface area contributed by atoms with Crippen molar-refractivity contribution < 1.29 is 14.7 Å². The zero-order chi connectivity index (χ0) is 12.2. The van der Waals surface area contributed by atoms with E-state index in [1.807, 2.05) is 0 Å². The lowest BCUT2D eigenvalue weighted by atomic mass is 9.89. The van der Waals surface area contributed by atoms with Gasteiger partial charge in [-0.15, -0.1) is 0 Å². The quantitative estimate of drug-likeness (QED) is 0.876. The number of carboxylic acid groups (broad SMARTS) is 1. The van der Waals surface area contributed by atoms with E-state index in [0.717, 1.165) is 5.56 Å². The fourth-order valence-corrected chi connectivity index (χ4v) is 3.50. The fraction of sp³-hybridized carbons (Fsp3) is 0.385. The zero-order valence-corrected chi connectivity index (χ0v) is 9.78. The minimum atomic E-state index is -0.863. The molecule has 0 amide bonds. The summed E-state index contributed by atoms with van der Waals surface area (Å²) in [6, 6.07) is 6.99. The SMILES string of the molecule is O=C(O)[C@H]1[C@H]2CCC(=O)[C@@]21c1ccc(Cl)cc1.